The van der Waals surface area contributed by atoms with Gasteiger partial charge in [0.15, 0.2) is 6.10 Å². The van der Waals surface area contributed by atoms with Gasteiger partial charge in [0, 0.05) is 19.4 Å². The minimum absolute atomic E-state index is 0.0846. The highest BCUT2D eigenvalue weighted by Crippen LogP contribution is 2.16. The SMILES string of the molecule is CCCC/C=C\CCCCCCCC(=O)OC(COCCCCCCCCCC/C=C\C/C=C\CCCCC)COC(=O)CCCCCCCCCCCCCCCCCCC. The average molecular weight is 871 g/mol. The van der Waals surface area contributed by atoms with Crippen LogP contribution in [0, 0.1) is 0 Å². The highest BCUT2D eigenvalue weighted by atomic mass is 16.6. The summed E-state index contributed by atoms with van der Waals surface area (Å²) in [5.74, 6) is -0.396. The van der Waals surface area contributed by atoms with E-state index in [0.717, 1.165) is 57.8 Å². The summed E-state index contributed by atoms with van der Waals surface area (Å²) in [5.41, 5.74) is 0. The zero-order chi connectivity index (χ0) is 44.9. The largest absolute Gasteiger partial charge is 0.462 e. The molecule has 364 valence electrons. The average Bonchev–Trinajstić information content (AvgIpc) is 3.27. The Kier molecular flexibility index (Phi) is 51.8. The summed E-state index contributed by atoms with van der Waals surface area (Å²) in [6.45, 7) is 7.80. The maximum absolute atomic E-state index is 12.8. The third kappa shape index (κ3) is 50.8. The highest BCUT2D eigenvalue weighted by molar-refractivity contribution is 5.70. The van der Waals surface area contributed by atoms with Crippen LogP contribution in [0.5, 0.6) is 0 Å². The van der Waals surface area contributed by atoms with Crippen molar-refractivity contribution < 1.29 is 23.8 Å². The Hall–Kier alpha value is -1.88. The van der Waals surface area contributed by atoms with Gasteiger partial charge in [0.05, 0.1) is 6.61 Å². The Labute approximate surface area is 387 Å². The Morgan fingerprint density at radius 2 is 0.694 bits per heavy atom. The number of unbranched alkanes of at least 4 members (excludes halogenated alkanes) is 34. The van der Waals surface area contributed by atoms with Crippen molar-refractivity contribution in [3.05, 3.63) is 36.5 Å². The van der Waals surface area contributed by atoms with Gasteiger partial charge < -0.3 is 14.2 Å². The van der Waals surface area contributed by atoms with Crippen LogP contribution in [0.15, 0.2) is 36.5 Å². The number of esters is 2. The minimum Gasteiger partial charge on any atom is -0.462 e. The third-order valence-electron chi connectivity index (χ3n) is 12.1. The number of carbonyl (C=O) groups is 2. The van der Waals surface area contributed by atoms with E-state index in [-0.39, 0.29) is 25.2 Å². The lowest BCUT2D eigenvalue weighted by Crippen LogP contribution is -2.30. The molecule has 0 bridgehead atoms. The van der Waals surface area contributed by atoms with Gasteiger partial charge in [0.1, 0.15) is 6.61 Å². The molecule has 0 spiro atoms. The molecule has 0 rings (SSSR count). The second kappa shape index (κ2) is 53.5. The van der Waals surface area contributed by atoms with E-state index in [4.69, 9.17) is 14.2 Å². The number of carbonyl (C=O) groups excluding carboxylic acids is 2. The fourth-order valence-electron chi connectivity index (χ4n) is 7.99. The van der Waals surface area contributed by atoms with Crippen LogP contribution in [0.25, 0.3) is 0 Å². The molecule has 0 aliphatic heterocycles. The predicted molar refractivity (Wildman–Crippen MR) is 270 cm³/mol. The summed E-state index contributed by atoms with van der Waals surface area (Å²) >= 11 is 0. The fourth-order valence-corrected chi connectivity index (χ4v) is 7.99. The molecule has 5 heteroatoms. The van der Waals surface area contributed by atoms with Crippen LogP contribution in [0.4, 0.5) is 0 Å². The fraction of sp³-hybridized carbons (Fsp3) is 0.860. The maximum atomic E-state index is 12.8. The van der Waals surface area contributed by atoms with Gasteiger partial charge in [-0.05, 0) is 70.6 Å². The van der Waals surface area contributed by atoms with E-state index in [2.05, 4.69) is 57.2 Å². The quantitative estimate of drug-likeness (QED) is 0.0346. The molecule has 0 heterocycles. The summed E-state index contributed by atoms with van der Waals surface area (Å²) < 4.78 is 17.4. The van der Waals surface area contributed by atoms with Gasteiger partial charge in [0.25, 0.3) is 0 Å². The van der Waals surface area contributed by atoms with E-state index in [1.165, 1.54) is 199 Å². The number of hydrogen-bond acceptors (Lipinski definition) is 5. The molecular formula is C57H106O5. The van der Waals surface area contributed by atoms with E-state index in [0.29, 0.717) is 19.4 Å². The minimum atomic E-state index is -0.539. The van der Waals surface area contributed by atoms with Crippen LogP contribution < -0.4 is 0 Å². The molecule has 0 N–H and O–H groups in total. The first kappa shape index (κ1) is 60.1. The molecule has 0 aromatic rings. The molecule has 0 amide bonds. The molecule has 0 aliphatic carbocycles. The molecule has 62 heavy (non-hydrogen) atoms. The Balaban J connectivity index is 4.19. The first-order chi connectivity index (χ1) is 30.6. The summed E-state index contributed by atoms with van der Waals surface area (Å²) in [6, 6.07) is 0. The highest BCUT2D eigenvalue weighted by Gasteiger charge is 2.17. The van der Waals surface area contributed by atoms with Gasteiger partial charge >= 0.3 is 11.9 Å². The molecular weight excluding hydrogens is 765 g/mol. The van der Waals surface area contributed by atoms with Gasteiger partial charge in [-0.15, -0.1) is 0 Å². The Morgan fingerprint density at radius 3 is 1.16 bits per heavy atom. The Bertz CT molecular complexity index is 986. The van der Waals surface area contributed by atoms with Crippen molar-refractivity contribution >= 4 is 11.9 Å². The van der Waals surface area contributed by atoms with Crippen molar-refractivity contribution in [1.82, 2.24) is 0 Å². The molecule has 0 saturated carbocycles. The summed E-state index contributed by atoms with van der Waals surface area (Å²) in [5, 5.41) is 0. The van der Waals surface area contributed by atoms with Crippen LogP contribution >= 0.6 is 0 Å². The first-order valence-corrected chi connectivity index (χ1v) is 27.5. The van der Waals surface area contributed by atoms with Crippen LogP contribution in [-0.2, 0) is 23.8 Å². The smallest absolute Gasteiger partial charge is 0.306 e. The lowest BCUT2D eigenvalue weighted by Gasteiger charge is -2.18. The number of allylic oxidation sites excluding steroid dienone is 6. The van der Waals surface area contributed by atoms with E-state index in [9.17, 15) is 9.59 Å². The van der Waals surface area contributed by atoms with E-state index in [1.54, 1.807) is 0 Å². The first-order valence-electron chi connectivity index (χ1n) is 27.5. The summed E-state index contributed by atoms with van der Waals surface area (Å²) in [4.78, 5) is 25.4. The summed E-state index contributed by atoms with van der Waals surface area (Å²) in [7, 11) is 0. The molecule has 1 atom stereocenters. The maximum Gasteiger partial charge on any atom is 0.306 e. The lowest BCUT2D eigenvalue weighted by molar-refractivity contribution is -0.163. The number of rotatable bonds is 51. The van der Waals surface area contributed by atoms with Crippen molar-refractivity contribution in [2.24, 2.45) is 0 Å². The summed E-state index contributed by atoms with van der Waals surface area (Å²) in [6.07, 6.45) is 64.4. The van der Waals surface area contributed by atoms with Gasteiger partial charge in [-0.25, -0.2) is 0 Å². The zero-order valence-electron chi connectivity index (χ0n) is 41.9. The van der Waals surface area contributed by atoms with Crippen molar-refractivity contribution in [3.8, 4) is 0 Å². The Morgan fingerprint density at radius 1 is 0.355 bits per heavy atom. The zero-order valence-corrected chi connectivity index (χ0v) is 41.9. The normalized spacial score (nSPS) is 12.4. The second-order valence-corrected chi connectivity index (χ2v) is 18.5. The van der Waals surface area contributed by atoms with Gasteiger partial charge in [0.2, 0.25) is 0 Å². The molecule has 0 aliphatic rings. The van der Waals surface area contributed by atoms with E-state index < -0.39 is 6.10 Å². The molecule has 0 fully saturated rings. The van der Waals surface area contributed by atoms with Crippen molar-refractivity contribution in [2.75, 3.05) is 19.8 Å². The second-order valence-electron chi connectivity index (χ2n) is 18.5. The van der Waals surface area contributed by atoms with E-state index in [1.807, 2.05) is 0 Å². The molecule has 0 saturated heterocycles. The van der Waals surface area contributed by atoms with Crippen LogP contribution in [0.3, 0.4) is 0 Å². The molecule has 1 unspecified atom stereocenters. The number of ether oxygens (including phenoxy) is 3. The van der Waals surface area contributed by atoms with Crippen LogP contribution in [0.1, 0.15) is 290 Å². The molecule has 0 aromatic carbocycles. The topological polar surface area (TPSA) is 61.8 Å². The van der Waals surface area contributed by atoms with E-state index >= 15 is 0 Å². The third-order valence-corrected chi connectivity index (χ3v) is 12.1. The van der Waals surface area contributed by atoms with Gasteiger partial charge in [-0.3, -0.25) is 9.59 Å². The standard InChI is InChI=1S/C57H106O5/c1-4-7-10-13-16-19-22-24-26-28-30-32-34-37-40-43-46-49-52-60-53-55(62-57(59)51-48-45-42-39-35-21-18-15-12-9-6-3)54-61-56(58)50-47-44-41-38-36-33-31-29-27-25-23-20-17-14-11-8-5-2/h15-16,18-19,24,26,55H,4-14,17,20-23,25,27-54H2,1-3H3/b18-15-,19-16-,26-24-. The van der Waals surface area contributed by atoms with Crippen molar-refractivity contribution in [3.63, 3.8) is 0 Å². The molecule has 0 radical (unpaired) electrons. The monoisotopic (exact) mass is 871 g/mol. The van der Waals surface area contributed by atoms with Crippen LogP contribution in [-0.4, -0.2) is 37.9 Å². The van der Waals surface area contributed by atoms with Crippen LogP contribution in [0.2, 0.25) is 0 Å². The van der Waals surface area contributed by atoms with Gasteiger partial charge in [-0.1, -0.05) is 243 Å². The lowest BCUT2D eigenvalue weighted by atomic mass is 10.0. The number of hydrogen-bond donors (Lipinski definition) is 0. The van der Waals surface area contributed by atoms with Crippen molar-refractivity contribution in [1.29, 1.82) is 0 Å². The molecule has 5 nitrogen and oxygen atoms in total. The van der Waals surface area contributed by atoms with Gasteiger partial charge in [-0.2, -0.15) is 0 Å². The van der Waals surface area contributed by atoms with Crippen molar-refractivity contribution in [2.45, 2.75) is 297 Å². The predicted octanol–water partition coefficient (Wildman–Crippen LogP) is 18.6. The molecule has 0 aromatic heterocycles.